The Bertz CT molecular complexity index is 802. The Labute approximate surface area is 141 Å². The summed E-state index contributed by atoms with van der Waals surface area (Å²) in [5.41, 5.74) is -1.30. The van der Waals surface area contributed by atoms with Gasteiger partial charge in [-0.1, -0.05) is 18.2 Å². The van der Waals surface area contributed by atoms with Crippen LogP contribution in [0.1, 0.15) is 13.3 Å². The fourth-order valence-electron chi connectivity index (χ4n) is 2.82. The van der Waals surface area contributed by atoms with Crippen molar-refractivity contribution in [2.24, 2.45) is 7.05 Å². The minimum atomic E-state index is -3.72. The molecule has 3 rings (SSSR count). The number of benzene rings is 1. The van der Waals surface area contributed by atoms with E-state index in [1.54, 1.807) is 18.5 Å². The van der Waals surface area contributed by atoms with Gasteiger partial charge in [0.15, 0.2) is 5.03 Å². The Morgan fingerprint density at radius 3 is 2.62 bits per heavy atom. The van der Waals surface area contributed by atoms with Crippen molar-refractivity contribution in [1.82, 2.24) is 13.9 Å². The van der Waals surface area contributed by atoms with Crippen molar-refractivity contribution >= 4 is 10.0 Å². The van der Waals surface area contributed by atoms with E-state index >= 15 is 0 Å². The summed E-state index contributed by atoms with van der Waals surface area (Å²) < 4.78 is 34.0. The second-order valence-electron chi connectivity index (χ2n) is 6.28. The lowest BCUT2D eigenvalue weighted by atomic mass is 9.93. The highest BCUT2D eigenvalue weighted by molar-refractivity contribution is 7.89. The third kappa shape index (κ3) is 3.31. The van der Waals surface area contributed by atoms with Crippen LogP contribution in [0.4, 0.5) is 0 Å². The van der Waals surface area contributed by atoms with Gasteiger partial charge in [-0.2, -0.15) is 4.31 Å². The highest BCUT2D eigenvalue weighted by atomic mass is 32.2. The predicted molar refractivity (Wildman–Crippen MR) is 88.1 cm³/mol. The molecule has 1 aromatic carbocycles. The molecule has 7 nitrogen and oxygen atoms in total. The summed E-state index contributed by atoms with van der Waals surface area (Å²) >= 11 is 0. The van der Waals surface area contributed by atoms with Crippen LogP contribution >= 0.6 is 0 Å². The first-order valence-corrected chi connectivity index (χ1v) is 9.15. The van der Waals surface area contributed by atoms with Crippen molar-refractivity contribution in [1.29, 1.82) is 0 Å². The van der Waals surface area contributed by atoms with Gasteiger partial charge in [0, 0.05) is 32.8 Å². The number of rotatable bonds is 4. The molecule has 0 amide bonds. The average Bonchev–Trinajstić information content (AvgIpc) is 2.97. The Balaban J connectivity index is 1.76. The molecular weight excluding hydrogens is 330 g/mol. The number of aromatic nitrogens is 2. The molecule has 24 heavy (non-hydrogen) atoms. The van der Waals surface area contributed by atoms with Crippen LogP contribution in [-0.4, -0.2) is 52.2 Å². The summed E-state index contributed by atoms with van der Waals surface area (Å²) in [4.78, 5) is 3.92. The van der Waals surface area contributed by atoms with Crippen LogP contribution in [0, 0.1) is 0 Å². The summed E-state index contributed by atoms with van der Waals surface area (Å²) in [6.45, 7) is 1.83. The van der Waals surface area contributed by atoms with E-state index in [0.29, 0.717) is 12.2 Å². The molecule has 1 saturated heterocycles. The Hall–Kier alpha value is -1.90. The van der Waals surface area contributed by atoms with Gasteiger partial charge in [-0.05, 0) is 19.1 Å². The molecule has 2 aromatic rings. The Morgan fingerprint density at radius 1 is 1.33 bits per heavy atom. The number of imidazole rings is 1. The number of sulfonamides is 1. The monoisotopic (exact) mass is 351 g/mol. The number of hydrogen-bond acceptors (Lipinski definition) is 5. The van der Waals surface area contributed by atoms with E-state index < -0.39 is 21.7 Å². The van der Waals surface area contributed by atoms with Gasteiger partial charge in [0.05, 0.1) is 6.33 Å². The highest BCUT2D eigenvalue weighted by Gasteiger charge is 2.44. The van der Waals surface area contributed by atoms with Crippen LogP contribution in [0.15, 0.2) is 47.9 Å². The number of hydrogen-bond donors (Lipinski definition) is 1. The zero-order valence-corrected chi connectivity index (χ0v) is 14.5. The van der Waals surface area contributed by atoms with E-state index in [9.17, 15) is 13.5 Å². The maximum Gasteiger partial charge on any atom is 0.262 e. The number of aliphatic hydroxyl groups is 1. The van der Waals surface area contributed by atoms with Gasteiger partial charge in [-0.15, -0.1) is 0 Å². The van der Waals surface area contributed by atoms with Crippen LogP contribution in [0.3, 0.4) is 0 Å². The largest absolute Gasteiger partial charge is 0.487 e. The molecule has 2 atom stereocenters. The summed E-state index contributed by atoms with van der Waals surface area (Å²) in [7, 11) is -2.01. The van der Waals surface area contributed by atoms with Crippen molar-refractivity contribution < 1.29 is 18.3 Å². The molecule has 1 N–H and O–H groups in total. The van der Waals surface area contributed by atoms with Crippen LogP contribution in [0.2, 0.25) is 0 Å². The number of ether oxygens (including phenoxy) is 1. The summed E-state index contributed by atoms with van der Waals surface area (Å²) in [6.07, 6.45) is 2.82. The SMILES string of the molecule is Cn1cnc(S(=O)(=O)N2CC[C@H](Oc3ccccc3)[C@@](C)(O)C2)c1. The Morgan fingerprint density at radius 2 is 2.04 bits per heavy atom. The van der Waals surface area contributed by atoms with Crippen LogP contribution in [-0.2, 0) is 17.1 Å². The van der Waals surface area contributed by atoms with Crippen LogP contribution in [0.5, 0.6) is 5.75 Å². The van der Waals surface area contributed by atoms with E-state index in [0.717, 1.165) is 0 Å². The van der Waals surface area contributed by atoms with Gasteiger partial charge in [0.2, 0.25) is 0 Å². The number of para-hydroxylation sites is 1. The van der Waals surface area contributed by atoms with Crippen molar-refractivity contribution in [3.05, 3.63) is 42.9 Å². The quantitative estimate of drug-likeness (QED) is 0.889. The van der Waals surface area contributed by atoms with Gasteiger partial charge in [0.1, 0.15) is 17.5 Å². The third-order valence-electron chi connectivity index (χ3n) is 4.14. The molecule has 0 unspecified atom stereocenters. The molecule has 0 bridgehead atoms. The average molecular weight is 351 g/mol. The van der Waals surface area contributed by atoms with E-state index in [1.807, 2.05) is 30.3 Å². The first-order valence-electron chi connectivity index (χ1n) is 7.71. The molecule has 0 aliphatic carbocycles. The molecule has 130 valence electrons. The number of nitrogens with zero attached hydrogens (tertiary/aromatic N) is 3. The van der Waals surface area contributed by atoms with Gasteiger partial charge >= 0.3 is 0 Å². The standard InChI is InChI=1S/C16H21N3O4S/c1-16(20)11-19(24(21,22)15-10-18(2)12-17-15)9-8-14(16)23-13-6-4-3-5-7-13/h3-7,10,12,14,20H,8-9,11H2,1-2H3/t14-,16-/m0/s1. The molecule has 2 heterocycles. The topological polar surface area (TPSA) is 84.7 Å². The molecule has 1 aliphatic rings. The van der Waals surface area contributed by atoms with Gasteiger partial charge < -0.3 is 14.4 Å². The first kappa shape index (κ1) is 16.9. The zero-order valence-electron chi connectivity index (χ0n) is 13.7. The normalized spacial score (nSPS) is 25.5. The second-order valence-corrected chi connectivity index (χ2v) is 8.17. The second kappa shape index (κ2) is 6.19. The number of aryl methyl sites for hydroxylation is 1. The first-order chi connectivity index (χ1) is 11.3. The van der Waals surface area contributed by atoms with E-state index in [-0.39, 0.29) is 18.1 Å². The minimum Gasteiger partial charge on any atom is -0.487 e. The molecule has 1 aliphatic heterocycles. The summed E-state index contributed by atoms with van der Waals surface area (Å²) in [5.74, 6) is 0.656. The predicted octanol–water partition coefficient (Wildman–Crippen LogP) is 1.01. The van der Waals surface area contributed by atoms with Crippen LogP contribution < -0.4 is 4.74 Å². The number of β-amino-alcohol motifs (C(OH)–C–C–N with tert-alkyl or cyclic N) is 1. The minimum absolute atomic E-state index is 0.0109. The maximum absolute atomic E-state index is 12.7. The number of piperidine rings is 1. The van der Waals surface area contributed by atoms with E-state index in [1.165, 1.54) is 16.8 Å². The fourth-order valence-corrected chi connectivity index (χ4v) is 4.34. The van der Waals surface area contributed by atoms with Crippen molar-refractivity contribution in [3.63, 3.8) is 0 Å². The fraction of sp³-hybridized carbons (Fsp3) is 0.438. The van der Waals surface area contributed by atoms with Gasteiger partial charge in [-0.25, -0.2) is 13.4 Å². The molecule has 0 spiro atoms. The van der Waals surface area contributed by atoms with E-state index in [2.05, 4.69) is 4.98 Å². The zero-order chi connectivity index (χ0) is 17.4. The van der Waals surface area contributed by atoms with Crippen molar-refractivity contribution in [3.8, 4) is 5.75 Å². The molecule has 8 heteroatoms. The molecular formula is C16H21N3O4S. The van der Waals surface area contributed by atoms with Gasteiger partial charge in [-0.3, -0.25) is 0 Å². The summed E-state index contributed by atoms with van der Waals surface area (Å²) in [5, 5.41) is 10.7. The van der Waals surface area contributed by atoms with Crippen molar-refractivity contribution in [2.45, 2.75) is 30.1 Å². The molecule has 0 saturated carbocycles. The molecule has 1 aromatic heterocycles. The van der Waals surface area contributed by atoms with Gasteiger partial charge in [0.25, 0.3) is 10.0 Å². The Kier molecular flexibility index (Phi) is 4.37. The van der Waals surface area contributed by atoms with Crippen molar-refractivity contribution in [2.75, 3.05) is 13.1 Å². The third-order valence-corrected chi connectivity index (χ3v) is 5.87. The van der Waals surface area contributed by atoms with Crippen LogP contribution in [0.25, 0.3) is 0 Å². The summed E-state index contributed by atoms with van der Waals surface area (Å²) in [6, 6.07) is 9.21. The maximum atomic E-state index is 12.7. The van der Waals surface area contributed by atoms with E-state index in [4.69, 9.17) is 4.74 Å². The highest BCUT2D eigenvalue weighted by Crippen LogP contribution is 2.29. The lowest BCUT2D eigenvalue weighted by Gasteiger charge is -2.41. The molecule has 0 radical (unpaired) electrons. The lowest BCUT2D eigenvalue weighted by molar-refractivity contribution is -0.0814. The molecule has 1 fully saturated rings. The smallest absolute Gasteiger partial charge is 0.262 e. The lowest BCUT2D eigenvalue weighted by Crippen LogP contribution is -2.58.